The van der Waals surface area contributed by atoms with E-state index < -0.39 is 11.5 Å². The van der Waals surface area contributed by atoms with Gasteiger partial charge in [-0.25, -0.2) is 9.78 Å². The SMILES string of the molecule is COC(=O)c1c(C2CC2)nc(-c2ccc(Cl)cc2)[nH]c1=O. The Bertz CT molecular complexity index is 749. The Hall–Kier alpha value is -2.14. The number of nitrogens with zero attached hydrogens (tertiary/aromatic N) is 1. The van der Waals surface area contributed by atoms with Gasteiger partial charge in [0, 0.05) is 16.5 Å². The number of methoxy groups -OCH3 is 1. The molecule has 0 atom stereocenters. The first-order valence-electron chi connectivity index (χ1n) is 6.58. The van der Waals surface area contributed by atoms with Crippen molar-refractivity contribution < 1.29 is 9.53 Å². The summed E-state index contributed by atoms with van der Waals surface area (Å²) in [6.45, 7) is 0. The molecule has 0 spiro atoms. The lowest BCUT2D eigenvalue weighted by molar-refractivity contribution is 0.0596. The molecular formula is C15H13ClN2O3. The first-order valence-corrected chi connectivity index (χ1v) is 6.96. The van der Waals surface area contributed by atoms with Crippen LogP contribution in [-0.2, 0) is 4.74 Å². The van der Waals surface area contributed by atoms with Gasteiger partial charge in [0.1, 0.15) is 11.4 Å². The molecule has 1 aliphatic rings. The summed E-state index contributed by atoms with van der Waals surface area (Å²) in [7, 11) is 1.26. The molecule has 3 rings (SSSR count). The number of aromatic nitrogens is 2. The van der Waals surface area contributed by atoms with Crippen molar-refractivity contribution in [2.75, 3.05) is 7.11 Å². The van der Waals surface area contributed by atoms with Crippen molar-refractivity contribution in [1.82, 2.24) is 9.97 Å². The number of halogens is 1. The van der Waals surface area contributed by atoms with Gasteiger partial charge in [-0.2, -0.15) is 0 Å². The van der Waals surface area contributed by atoms with E-state index in [1.807, 2.05) is 0 Å². The summed E-state index contributed by atoms with van der Waals surface area (Å²) in [6.07, 6.45) is 1.86. The molecule has 1 fully saturated rings. The van der Waals surface area contributed by atoms with Crippen LogP contribution in [0.1, 0.15) is 34.8 Å². The zero-order valence-electron chi connectivity index (χ0n) is 11.4. The Labute approximate surface area is 125 Å². The molecule has 1 N–H and O–H groups in total. The van der Waals surface area contributed by atoms with E-state index in [0.717, 1.165) is 18.4 Å². The molecule has 6 heteroatoms. The van der Waals surface area contributed by atoms with Crippen LogP contribution in [0.2, 0.25) is 5.02 Å². The Kier molecular flexibility index (Phi) is 3.51. The standard InChI is InChI=1S/C15H13ClN2O3/c1-21-15(20)11-12(8-2-3-8)17-13(18-14(11)19)9-4-6-10(16)7-5-9/h4-8H,2-3H2,1H3,(H,17,18,19). The first kappa shape index (κ1) is 13.8. The maximum Gasteiger partial charge on any atom is 0.345 e. The van der Waals surface area contributed by atoms with E-state index in [1.54, 1.807) is 24.3 Å². The van der Waals surface area contributed by atoms with Gasteiger partial charge in [0.05, 0.1) is 12.8 Å². The van der Waals surface area contributed by atoms with Gasteiger partial charge in [0.25, 0.3) is 5.56 Å². The van der Waals surface area contributed by atoms with Gasteiger partial charge in [-0.1, -0.05) is 11.6 Å². The fourth-order valence-electron chi connectivity index (χ4n) is 2.19. The molecule has 1 aliphatic carbocycles. The predicted molar refractivity (Wildman–Crippen MR) is 78.6 cm³/mol. The molecule has 1 saturated carbocycles. The van der Waals surface area contributed by atoms with E-state index in [-0.39, 0.29) is 11.5 Å². The summed E-state index contributed by atoms with van der Waals surface area (Å²) in [5, 5.41) is 0.606. The number of hydrogen-bond donors (Lipinski definition) is 1. The number of H-pyrrole nitrogens is 1. The van der Waals surface area contributed by atoms with Crippen LogP contribution < -0.4 is 5.56 Å². The number of esters is 1. The summed E-state index contributed by atoms with van der Waals surface area (Å²) in [5.41, 5.74) is 0.812. The molecular weight excluding hydrogens is 292 g/mol. The first-order chi connectivity index (χ1) is 10.1. The molecule has 1 aromatic carbocycles. The molecule has 1 aromatic heterocycles. The molecule has 5 nitrogen and oxygen atoms in total. The zero-order valence-corrected chi connectivity index (χ0v) is 12.1. The Morgan fingerprint density at radius 3 is 2.57 bits per heavy atom. The van der Waals surface area contributed by atoms with E-state index in [1.165, 1.54) is 7.11 Å². The lowest BCUT2D eigenvalue weighted by atomic mass is 10.1. The van der Waals surface area contributed by atoms with Gasteiger partial charge in [0.2, 0.25) is 0 Å². The highest BCUT2D eigenvalue weighted by atomic mass is 35.5. The fourth-order valence-corrected chi connectivity index (χ4v) is 2.31. The average Bonchev–Trinajstić information content (AvgIpc) is 3.31. The van der Waals surface area contributed by atoms with Crippen LogP contribution in [0.4, 0.5) is 0 Å². The summed E-state index contributed by atoms with van der Waals surface area (Å²) in [5.74, 6) is -0.0491. The highest BCUT2D eigenvalue weighted by Gasteiger charge is 2.32. The summed E-state index contributed by atoms with van der Waals surface area (Å²) in [6, 6.07) is 6.99. The zero-order chi connectivity index (χ0) is 15.0. The number of carbonyl (C=O) groups excluding carboxylic acids is 1. The smallest absolute Gasteiger partial charge is 0.345 e. The van der Waals surface area contributed by atoms with E-state index in [4.69, 9.17) is 11.6 Å². The molecule has 21 heavy (non-hydrogen) atoms. The van der Waals surface area contributed by atoms with Crippen molar-refractivity contribution in [2.24, 2.45) is 0 Å². The minimum Gasteiger partial charge on any atom is -0.465 e. The minimum atomic E-state index is -0.645. The van der Waals surface area contributed by atoms with E-state index in [2.05, 4.69) is 14.7 Å². The topological polar surface area (TPSA) is 72.0 Å². The monoisotopic (exact) mass is 304 g/mol. The fraction of sp³-hybridized carbons (Fsp3) is 0.267. The second kappa shape index (κ2) is 5.33. The Morgan fingerprint density at radius 2 is 2.00 bits per heavy atom. The van der Waals surface area contributed by atoms with Crippen LogP contribution >= 0.6 is 11.6 Å². The van der Waals surface area contributed by atoms with Crippen LogP contribution in [0, 0.1) is 0 Å². The molecule has 2 aromatic rings. The van der Waals surface area contributed by atoms with Crippen LogP contribution in [-0.4, -0.2) is 23.0 Å². The second-order valence-corrected chi connectivity index (χ2v) is 5.38. The molecule has 0 amide bonds. The number of benzene rings is 1. The Morgan fingerprint density at radius 1 is 1.33 bits per heavy atom. The van der Waals surface area contributed by atoms with Gasteiger partial charge in [-0.15, -0.1) is 0 Å². The Balaban J connectivity index is 2.14. The summed E-state index contributed by atoms with van der Waals surface area (Å²) in [4.78, 5) is 31.1. The van der Waals surface area contributed by atoms with Gasteiger partial charge >= 0.3 is 5.97 Å². The number of aromatic amines is 1. The van der Waals surface area contributed by atoms with Crippen molar-refractivity contribution in [3.05, 3.63) is 50.9 Å². The highest BCUT2D eigenvalue weighted by molar-refractivity contribution is 6.30. The molecule has 0 aliphatic heterocycles. The molecule has 1 heterocycles. The van der Waals surface area contributed by atoms with Gasteiger partial charge in [-0.3, -0.25) is 4.79 Å². The molecule has 0 saturated heterocycles. The normalized spacial score (nSPS) is 14.0. The maximum atomic E-state index is 12.2. The van der Waals surface area contributed by atoms with Crippen molar-refractivity contribution in [3.63, 3.8) is 0 Å². The molecule has 0 radical (unpaired) electrons. The van der Waals surface area contributed by atoms with Crippen molar-refractivity contribution >= 4 is 17.6 Å². The van der Waals surface area contributed by atoms with Crippen LogP contribution in [0.25, 0.3) is 11.4 Å². The number of hydrogen-bond acceptors (Lipinski definition) is 4. The van der Waals surface area contributed by atoms with Crippen molar-refractivity contribution in [1.29, 1.82) is 0 Å². The third-order valence-electron chi connectivity index (χ3n) is 3.42. The summed E-state index contributed by atoms with van der Waals surface area (Å²) < 4.78 is 4.68. The van der Waals surface area contributed by atoms with E-state index >= 15 is 0 Å². The summed E-state index contributed by atoms with van der Waals surface area (Å²) >= 11 is 5.85. The lowest BCUT2D eigenvalue weighted by Crippen LogP contribution is -2.23. The predicted octanol–water partition coefficient (Wildman–Crippen LogP) is 2.75. The van der Waals surface area contributed by atoms with Crippen molar-refractivity contribution in [3.8, 4) is 11.4 Å². The highest BCUT2D eigenvalue weighted by Crippen LogP contribution is 2.40. The van der Waals surface area contributed by atoms with Crippen LogP contribution in [0.3, 0.4) is 0 Å². The van der Waals surface area contributed by atoms with Crippen LogP contribution in [0.15, 0.2) is 29.1 Å². The largest absolute Gasteiger partial charge is 0.465 e. The number of nitrogens with one attached hydrogen (secondary N) is 1. The van der Waals surface area contributed by atoms with Gasteiger partial charge in [0.15, 0.2) is 0 Å². The average molecular weight is 305 g/mol. The maximum absolute atomic E-state index is 12.2. The minimum absolute atomic E-state index is 0.0118. The van der Waals surface area contributed by atoms with E-state index in [9.17, 15) is 9.59 Å². The van der Waals surface area contributed by atoms with Crippen LogP contribution in [0.5, 0.6) is 0 Å². The molecule has 0 unspecified atom stereocenters. The molecule has 108 valence electrons. The third kappa shape index (κ3) is 2.69. The quantitative estimate of drug-likeness (QED) is 0.885. The van der Waals surface area contributed by atoms with Gasteiger partial charge < -0.3 is 9.72 Å². The van der Waals surface area contributed by atoms with Gasteiger partial charge in [-0.05, 0) is 37.1 Å². The third-order valence-corrected chi connectivity index (χ3v) is 3.67. The number of ether oxygens (including phenoxy) is 1. The molecule has 0 bridgehead atoms. The second-order valence-electron chi connectivity index (χ2n) is 4.95. The lowest BCUT2D eigenvalue weighted by Gasteiger charge is -2.08. The van der Waals surface area contributed by atoms with Crippen molar-refractivity contribution in [2.45, 2.75) is 18.8 Å². The van der Waals surface area contributed by atoms with E-state index in [0.29, 0.717) is 16.5 Å². The number of carbonyl (C=O) groups is 1. The number of rotatable bonds is 3.